The Morgan fingerprint density at radius 1 is 1.38 bits per heavy atom. The van der Waals surface area contributed by atoms with Crippen LogP contribution in [-0.2, 0) is 20.2 Å². The Morgan fingerprint density at radius 2 is 2.04 bits per heavy atom. The van der Waals surface area contributed by atoms with E-state index in [0.29, 0.717) is 0 Å². The monoisotopic (exact) mass is 356 g/mol. The van der Waals surface area contributed by atoms with Crippen molar-refractivity contribution in [3.63, 3.8) is 0 Å². The Balaban J connectivity index is 2.46. The lowest BCUT2D eigenvalue weighted by atomic mass is 9.87. The lowest BCUT2D eigenvalue weighted by molar-refractivity contribution is -0.140. The van der Waals surface area contributed by atoms with Crippen LogP contribution in [0, 0.1) is 0 Å². The van der Waals surface area contributed by atoms with Crippen LogP contribution in [0.15, 0.2) is 23.1 Å². The van der Waals surface area contributed by atoms with Gasteiger partial charge in [0.2, 0.25) is 10.0 Å². The van der Waals surface area contributed by atoms with Gasteiger partial charge in [-0.25, -0.2) is 8.42 Å². The second kappa shape index (κ2) is 6.70. The summed E-state index contributed by atoms with van der Waals surface area (Å²) in [6, 6.07) is 4.19. The average Bonchev–Trinajstić information content (AvgIpc) is 2.53. The van der Waals surface area contributed by atoms with E-state index < -0.39 is 22.0 Å². The highest BCUT2D eigenvalue weighted by Crippen LogP contribution is 2.32. The molecule has 0 amide bonds. The van der Waals surface area contributed by atoms with Crippen molar-refractivity contribution in [2.75, 3.05) is 26.7 Å². The maximum Gasteiger partial charge on any atom is 0.322 e. The van der Waals surface area contributed by atoms with Gasteiger partial charge in [-0.2, -0.15) is 4.31 Å². The molecule has 1 aromatic carbocycles. The van der Waals surface area contributed by atoms with Gasteiger partial charge < -0.3 is 15.2 Å². The molecule has 0 saturated carbocycles. The van der Waals surface area contributed by atoms with Gasteiger partial charge in [-0.15, -0.1) is 0 Å². The molecule has 0 aromatic heterocycles. The molecular formula is C16H24N2O5S. The van der Waals surface area contributed by atoms with Crippen LogP contribution in [-0.4, -0.2) is 56.6 Å². The Morgan fingerprint density at radius 3 is 2.58 bits per heavy atom. The number of ether oxygens (including phenoxy) is 1. The van der Waals surface area contributed by atoms with Crippen molar-refractivity contribution in [2.45, 2.75) is 37.1 Å². The van der Waals surface area contributed by atoms with Gasteiger partial charge in [0.25, 0.3) is 0 Å². The zero-order valence-electron chi connectivity index (χ0n) is 14.4. The van der Waals surface area contributed by atoms with E-state index in [1.54, 1.807) is 12.1 Å². The molecule has 1 aliphatic heterocycles. The third-order valence-electron chi connectivity index (χ3n) is 4.08. The smallest absolute Gasteiger partial charge is 0.322 e. The number of nitrogens with zero attached hydrogens (tertiary/aromatic N) is 1. The summed E-state index contributed by atoms with van der Waals surface area (Å²) < 4.78 is 32.5. The second-order valence-electron chi connectivity index (χ2n) is 6.82. The predicted octanol–water partition coefficient (Wildman–Crippen LogP) is 1.04. The van der Waals surface area contributed by atoms with E-state index in [0.717, 1.165) is 5.56 Å². The van der Waals surface area contributed by atoms with Crippen LogP contribution in [0.4, 0.5) is 0 Å². The number of hydrogen-bond acceptors (Lipinski definition) is 5. The van der Waals surface area contributed by atoms with Gasteiger partial charge in [0.15, 0.2) is 0 Å². The first kappa shape index (κ1) is 18.7. The summed E-state index contributed by atoms with van der Waals surface area (Å²) >= 11 is 0. The number of rotatable bonds is 4. The largest absolute Gasteiger partial charge is 0.495 e. The van der Waals surface area contributed by atoms with Crippen molar-refractivity contribution in [2.24, 2.45) is 0 Å². The van der Waals surface area contributed by atoms with Crippen molar-refractivity contribution >= 4 is 16.0 Å². The number of methoxy groups -OCH3 is 1. The highest BCUT2D eigenvalue weighted by Gasteiger charge is 2.35. The molecule has 1 aromatic rings. The van der Waals surface area contributed by atoms with Crippen LogP contribution in [0.5, 0.6) is 5.75 Å². The van der Waals surface area contributed by atoms with Crippen LogP contribution in [0.1, 0.15) is 26.3 Å². The van der Waals surface area contributed by atoms with Gasteiger partial charge >= 0.3 is 5.97 Å². The van der Waals surface area contributed by atoms with Crippen molar-refractivity contribution in [1.82, 2.24) is 9.62 Å². The van der Waals surface area contributed by atoms with Crippen molar-refractivity contribution in [1.29, 1.82) is 0 Å². The van der Waals surface area contributed by atoms with E-state index in [4.69, 9.17) is 9.84 Å². The van der Waals surface area contributed by atoms with Crippen molar-refractivity contribution in [3.8, 4) is 5.75 Å². The van der Waals surface area contributed by atoms with Gasteiger partial charge in [0.1, 0.15) is 16.7 Å². The molecule has 1 saturated heterocycles. The van der Waals surface area contributed by atoms with Crippen LogP contribution in [0.2, 0.25) is 0 Å². The quantitative estimate of drug-likeness (QED) is 0.837. The molecular weight excluding hydrogens is 332 g/mol. The first-order valence-corrected chi connectivity index (χ1v) is 9.16. The van der Waals surface area contributed by atoms with E-state index in [1.807, 2.05) is 26.8 Å². The highest BCUT2D eigenvalue weighted by atomic mass is 32.2. The minimum absolute atomic E-state index is 0.0727. The topological polar surface area (TPSA) is 95.9 Å². The molecule has 1 aliphatic rings. The van der Waals surface area contributed by atoms with Gasteiger partial charge in [0.05, 0.1) is 7.11 Å². The number of carboxylic acid groups (broad SMARTS) is 1. The summed E-state index contributed by atoms with van der Waals surface area (Å²) in [4.78, 5) is 11.2. The SMILES string of the molecule is COc1ccc(C(C)(C)C)cc1S(=O)(=O)N1CCN[C@@H](C(=O)O)C1. The molecule has 0 spiro atoms. The van der Waals surface area contributed by atoms with E-state index in [1.165, 1.54) is 11.4 Å². The molecule has 1 heterocycles. The maximum atomic E-state index is 13.0. The number of sulfonamides is 1. The standard InChI is InChI=1S/C16H24N2O5S/c1-16(2,3)11-5-6-13(23-4)14(9-11)24(21,22)18-8-7-17-12(10-18)15(19)20/h5-6,9,12,17H,7-8,10H2,1-4H3,(H,19,20)/t12-/m1/s1. The average molecular weight is 356 g/mol. The lowest BCUT2D eigenvalue weighted by Crippen LogP contribution is -2.55. The van der Waals surface area contributed by atoms with E-state index in [2.05, 4.69) is 5.32 Å². The molecule has 1 atom stereocenters. The molecule has 24 heavy (non-hydrogen) atoms. The van der Waals surface area contributed by atoms with Gasteiger partial charge in [0, 0.05) is 19.6 Å². The van der Waals surface area contributed by atoms with Crippen LogP contribution < -0.4 is 10.1 Å². The molecule has 7 nitrogen and oxygen atoms in total. The summed E-state index contributed by atoms with van der Waals surface area (Å²) in [6.45, 7) is 6.39. The fraction of sp³-hybridized carbons (Fsp3) is 0.562. The molecule has 2 rings (SSSR count). The van der Waals surface area contributed by atoms with E-state index in [-0.39, 0.29) is 35.7 Å². The second-order valence-corrected chi connectivity index (χ2v) is 8.73. The zero-order chi connectivity index (χ0) is 18.1. The molecule has 2 N–H and O–H groups in total. The number of carboxylic acids is 1. The molecule has 0 radical (unpaired) electrons. The number of piperazine rings is 1. The molecule has 0 aliphatic carbocycles. The first-order chi connectivity index (χ1) is 11.1. The molecule has 8 heteroatoms. The summed E-state index contributed by atoms with van der Waals surface area (Å²) in [6.07, 6.45) is 0. The molecule has 0 unspecified atom stereocenters. The molecule has 1 fully saturated rings. The predicted molar refractivity (Wildman–Crippen MR) is 89.9 cm³/mol. The minimum Gasteiger partial charge on any atom is -0.495 e. The highest BCUT2D eigenvalue weighted by molar-refractivity contribution is 7.89. The third-order valence-corrected chi connectivity index (χ3v) is 5.97. The van der Waals surface area contributed by atoms with Gasteiger partial charge in [-0.3, -0.25) is 4.79 Å². The summed E-state index contributed by atoms with van der Waals surface area (Å²) in [7, 11) is -2.43. The van der Waals surface area contributed by atoms with Crippen LogP contribution >= 0.6 is 0 Å². The van der Waals surface area contributed by atoms with Crippen molar-refractivity contribution < 1.29 is 23.1 Å². The number of benzene rings is 1. The Labute approximate surface area is 142 Å². The van der Waals surface area contributed by atoms with Gasteiger partial charge in [-0.05, 0) is 23.1 Å². The fourth-order valence-corrected chi connectivity index (χ4v) is 4.23. The number of carbonyl (C=O) groups is 1. The van der Waals surface area contributed by atoms with Crippen molar-refractivity contribution in [3.05, 3.63) is 23.8 Å². The summed E-state index contributed by atoms with van der Waals surface area (Å²) in [5.74, 6) is -0.807. The van der Waals surface area contributed by atoms with Crippen LogP contribution in [0.25, 0.3) is 0 Å². The first-order valence-electron chi connectivity index (χ1n) is 7.72. The third kappa shape index (κ3) is 3.71. The van der Waals surface area contributed by atoms with Crippen LogP contribution in [0.3, 0.4) is 0 Å². The fourth-order valence-electron chi connectivity index (χ4n) is 2.59. The minimum atomic E-state index is -3.85. The normalized spacial score (nSPS) is 19.9. The summed E-state index contributed by atoms with van der Waals surface area (Å²) in [5, 5.41) is 11.9. The Kier molecular flexibility index (Phi) is 5.22. The zero-order valence-corrected chi connectivity index (χ0v) is 15.2. The van der Waals surface area contributed by atoms with Gasteiger partial charge in [-0.1, -0.05) is 26.8 Å². The number of nitrogens with one attached hydrogen (secondary N) is 1. The Hall–Kier alpha value is -1.64. The molecule has 0 bridgehead atoms. The van der Waals surface area contributed by atoms with E-state index in [9.17, 15) is 13.2 Å². The maximum absolute atomic E-state index is 13.0. The molecule has 134 valence electrons. The number of aliphatic carboxylic acids is 1. The summed E-state index contributed by atoms with van der Waals surface area (Å²) in [5.41, 5.74) is 0.649. The number of hydrogen-bond donors (Lipinski definition) is 2. The lowest BCUT2D eigenvalue weighted by Gasteiger charge is -2.31. The van der Waals surface area contributed by atoms with E-state index >= 15 is 0 Å². The Bertz CT molecular complexity index is 724.